The highest BCUT2D eigenvalue weighted by molar-refractivity contribution is 5.96. The van der Waals surface area contributed by atoms with Gasteiger partial charge in [0.2, 0.25) is 0 Å². The van der Waals surface area contributed by atoms with E-state index in [1.54, 1.807) is 0 Å². The molecule has 1 N–H and O–H groups in total. The molecular formula is C22H29N3O8. The summed E-state index contributed by atoms with van der Waals surface area (Å²) in [4.78, 5) is 38.2. The fourth-order valence-electron chi connectivity index (χ4n) is 4.77. The minimum absolute atomic E-state index is 0.115. The molecule has 1 aromatic carbocycles. The lowest BCUT2D eigenvalue weighted by Crippen LogP contribution is -2.59. The Morgan fingerprint density at radius 1 is 1.06 bits per heavy atom. The quantitative estimate of drug-likeness (QED) is 0.365. The Labute approximate surface area is 191 Å². The molecule has 0 bridgehead atoms. The summed E-state index contributed by atoms with van der Waals surface area (Å²) < 4.78 is 21.3. The van der Waals surface area contributed by atoms with E-state index in [0.29, 0.717) is 19.8 Å². The number of hydrogen-bond donors (Lipinski definition) is 1. The average molecular weight is 463 g/mol. The monoisotopic (exact) mass is 463 g/mol. The molecule has 0 aromatic heterocycles. The summed E-state index contributed by atoms with van der Waals surface area (Å²) in [5.41, 5.74) is -0.858. The summed E-state index contributed by atoms with van der Waals surface area (Å²) in [5, 5.41) is 14.3. The van der Waals surface area contributed by atoms with Gasteiger partial charge in [0.05, 0.1) is 24.2 Å². The van der Waals surface area contributed by atoms with Crippen molar-refractivity contribution < 1.29 is 33.5 Å². The molecule has 1 aromatic rings. The van der Waals surface area contributed by atoms with E-state index in [9.17, 15) is 19.7 Å². The number of nitrogens with zero attached hydrogens (tertiary/aromatic N) is 2. The highest BCUT2D eigenvalue weighted by atomic mass is 16.6. The Kier molecular flexibility index (Phi) is 7.29. The van der Waals surface area contributed by atoms with Crippen molar-refractivity contribution in [2.24, 2.45) is 0 Å². The van der Waals surface area contributed by atoms with Crippen molar-refractivity contribution in [3.8, 4) is 11.5 Å². The Bertz CT molecular complexity index is 894. The minimum Gasteiger partial charge on any atom is -0.486 e. The zero-order chi connectivity index (χ0) is 23.3. The molecule has 0 spiro atoms. The molecule has 1 saturated carbocycles. The van der Waals surface area contributed by atoms with E-state index in [2.05, 4.69) is 10.2 Å². The number of amides is 1. The second-order valence-corrected chi connectivity index (χ2v) is 8.51. The van der Waals surface area contributed by atoms with Crippen LogP contribution in [0.3, 0.4) is 0 Å². The fourth-order valence-corrected chi connectivity index (χ4v) is 4.77. The number of fused-ring (bicyclic) bond motifs is 1. The van der Waals surface area contributed by atoms with Crippen LogP contribution in [0.1, 0.15) is 42.5 Å². The van der Waals surface area contributed by atoms with Crippen molar-refractivity contribution in [3.63, 3.8) is 0 Å². The largest absolute Gasteiger partial charge is 0.486 e. The predicted molar refractivity (Wildman–Crippen MR) is 116 cm³/mol. The Morgan fingerprint density at radius 3 is 2.39 bits per heavy atom. The standard InChI is InChI=1S/C22H29N3O8/c26-20(23-15-22(4-2-1-3-5-22)24-6-8-30-9-7-24)14-33-21(27)16-12-18-19(32-11-10-31-18)13-17(16)25(28)29/h12-13H,1-11,14-15H2,(H,23,26). The first-order valence-electron chi connectivity index (χ1n) is 11.3. The number of carbonyl (C=O) groups excluding carboxylic acids is 2. The number of ether oxygens (including phenoxy) is 4. The van der Waals surface area contributed by atoms with E-state index in [4.69, 9.17) is 18.9 Å². The number of hydrogen-bond acceptors (Lipinski definition) is 9. The summed E-state index contributed by atoms with van der Waals surface area (Å²) in [6.07, 6.45) is 5.39. The molecule has 2 heterocycles. The molecule has 33 heavy (non-hydrogen) atoms. The Morgan fingerprint density at radius 2 is 1.73 bits per heavy atom. The molecule has 11 heteroatoms. The highest BCUT2D eigenvalue weighted by Gasteiger charge is 2.39. The molecule has 1 amide bonds. The number of nitro groups is 1. The first-order valence-corrected chi connectivity index (χ1v) is 11.3. The maximum Gasteiger partial charge on any atom is 0.345 e. The van der Waals surface area contributed by atoms with Crippen LogP contribution in [0.5, 0.6) is 11.5 Å². The number of carbonyl (C=O) groups is 2. The summed E-state index contributed by atoms with van der Waals surface area (Å²) >= 11 is 0. The summed E-state index contributed by atoms with van der Waals surface area (Å²) in [6.45, 7) is 3.50. The van der Waals surface area contributed by atoms with Gasteiger partial charge in [-0.3, -0.25) is 19.8 Å². The number of morpholine rings is 1. The molecule has 1 aliphatic carbocycles. The van der Waals surface area contributed by atoms with Crippen molar-refractivity contribution in [1.82, 2.24) is 10.2 Å². The molecule has 11 nitrogen and oxygen atoms in total. The molecular weight excluding hydrogens is 434 g/mol. The molecule has 0 radical (unpaired) electrons. The fraction of sp³-hybridized carbons (Fsp3) is 0.636. The first-order chi connectivity index (χ1) is 16.0. The Balaban J connectivity index is 1.36. The van der Waals surface area contributed by atoms with Gasteiger partial charge in [-0.15, -0.1) is 0 Å². The summed E-state index contributed by atoms with van der Waals surface area (Å²) in [7, 11) is 0. The summed E-state index contributed by atoms with van der Waals surface area (Å²) in [6, 6.07) is 2.36. The van der Waals surface area contributed by atoms with Gasteiger partial charge >= 0.3 is 5.97 Å². The predicted octanol–water partition coefficient (Wildman–Crippen LogP) is 1.67. The van der Waals surface area contributed by atoms with Crippen molar-refractivity contribution >= 4 is 17.6 Å². The van der Waals surface area contributed by atoms with Gasteiger partial charge in [0, 0.05) is 31.2 Å². The SMILES string of the molecule is O=C(COC(=O)c1cc2c(cc1[N+](=O)[O-])OCCO2)NCC1(N2CCOCC2)CCCCC1. The molecule has 3 aliphatic rings. The van der Waals surface area contributed by atoms with Gasteiger partial charge in [0.1, 0.15) is 18.8 Å². The van der Waals surface area contributed by atoms with Crippen LogP contribution in [0.4, 0.5) is 5.69 Å². The van der Waals surface area contributed by atoms with Crippen molar-refractivity contribution in [2.45, 2.75) is 37.6 Å². The van der Waals surface area contributed by atoms with Crippen molar-refractivity contribution in [2.75, 3.05) is 52.7 Å². The molecule has 2 fully saturated rings. The first kappa shape index (κ1) is 23.2. The van der Waals surface area contributed by atoms with Gasteiger partial charge < -0.3 is 24.3 Å². The van der Waals surface area contributed by atoms with Gasteiger partial charge in [0.25, 0.3) is 11.6 Å². The number of nitrogens with one attached hydrogen (secondary N) is 1. The summed E-state index contributed by atoms with van der Waals surface area (Å²) in [5.74, 6) is -0.979. The van der Waals surface area contributed by atoms with Crippen LogP contribution < -0.4 is 14.8 Å². The third-order valence-electron chi connectivity index (χ3n) is 6.49. The molecule has 1 saturated heterocycles. The molecule has 2 aliphatic heterocycles. The van der Waals surface area contributed by atoms with Crippen LogP contribution in [0.15, 0.2) is 12.1 Å². The number of nitro benzene ring substituents is 1. The van der Waals surface area contributed by atoms with Gasteiger partial charge in [0.15, 0.2) is 18.1 Å². The van der Waals surface area contributed by atoms with E-state index >= 15 is 0 Å². The van der Waals surface area contributed by atoms with Crippen molar-refractivity contribution in [1.29, 1.82) is 0 Å². The van der Waals surface area contributed by atoms with Gasteiger partial charge in [-0.25, -0.2) is 4.79 Å². The third-order valence-corrected chi connectivity index (χ3v) is 6.49. The zero-order valence-corrected chi connectivity index (χ0v) is 18.5. The van der Waals surface area contributed by atoms with E-state index in [-0.39, 0.29) is 35.8 Å². The van der Waals surface area contributed by atoms with Crippen LogP contribution in [-0.4, -0.2) is 79.9 Å². The maximum absolute atomic E-state index is 12.6. The highest BCUT2D eigenvalue weighted by Crippen LogP contribution is 2.37. The molecule has 0 unspecified atom stereocenters. The lowest BCUT2D eigenvalue weighted by Gasteiger charge is -2.48. The second kappa shape index (κ2) is 10.3. The van der Waals surface area contributed by atoms with E-state index in [0.717, 1.165) is 44.8 Å². The number of esters is 1. The number of benzene rings is 1. The van der Waals surface area contributed by atoms with Gasteiger partial charge in [-0.2, -0.15) is 0 Å². The van der Waals surface area contributed by atoms with Crippen LogP contribution in [0, 0.1) is 10.1 Å². The van der Waals surface area contributed by atoms with Crippen LogP contribution in [0.25, 0.3) is 0 Å². The lowest BCUT2D eigenvalue weighted by atomic mass is 9.79. The van der Waals surface area contributed by atoms with Crippen LogP contribution in [0.2, 0.25) is 0 Å². The molecule has 4 rings (SSSR count). The van der Waals surface area contributed by atoms with E-state index in [1.165, 1.54) is 12.5 Å². The zero-order valence-electron chi connectivity index (χ0n) is 18.5. The smallest absolute Gasteiger partial charge is 0.345 e. The molecule has 0 atom stereocenters. The van der Waals surface area contributed by atoms with Gasteiger partial charge in [-0.05, 0) is 12.8 Å². The minimum atomic E-state index is -0.964. The number of rotatable bonds is 7. The van der Waals surface area contributed by atoms with Gasteiger partial charge in [-0.1, -0.05) is 19.3 Å². The van der Waals surface area contributed by atoms with E-state index < -0.39 is 29.1 Å². The Hall–Kier alpha value is -2.92. The third kappa shape index (κ3) is 5.36. The maximum atomic E-state index is 12.6. The van der Waals surface area contributed by atoms with Crippen molar-refractivity contribution in [3.05, 3.63) is 27.8 Å². The van der Waals surface area contributed by atoms with Crippen LogP contribution >= 0.6 is 0 Å². The average Bonchev–Trinajstić information content (AvgIpc) is 2.86. The lowest BCUT2D eigenvalue weighted by molar-refractivity contribution is -0.385. The molecule has 180 valence electrons. The topological polar surface area (TPSA) is 129 Å². The van der Waals surface area contributed by atoms with Crippen LogP contribution in [-0.2, 0) is 14.3 Å². The normalized spacial score (nSPS) is 20.0. The second-order valence-electron chi connectivity index (χ2n) is 8.51. The van der Waals surface area contributed by atoms with E-state index in [1.807, 2.05) is 0 Å².